The lowest BCUT2D eigenvalue weighted by Crippen LogP contribution is -2.65. The monoisotopic (exact) mass is 424 g/mol. The van der Waals surface area contributed by atoms with Crippen LogP contribution in [0.1, 0.15) is 70.3 Å². The number of nitrogens with one attached hydrogen (secondary N) is 1. The Labute approximate surface area is 185 Å². The van der Waals surface area contributed by atoms with Crippen LogP contribution in [0.2, 0.25) is 0 Å². The second-order valence-corrected chi connectivity index (χ2v) is 11.3. The van der Waals surface area contributed by atoms with E-state index in [0.29, 0.717) is 23.7 Å². The highest BCUT2D eigenvalue weighted by Gasteiger charge is 2.59. The smallest absolute Gasteiger partial charge is 0.309 e. The molecule has 0 spiro atoms. The molecule has 1 aromatic rings. The number of nitrogens with zero attached hydrogens (tertiary/aromatic N) is 1. The number of aliphatic carboxylic acids is 1. The lowest BCUT2D eigenvalue weighted by atomic mass is 9.48. The van der Waals surface area contributed by atoms with Crippen molar-refractivity contribution in [3.63, 3.8) is 0 Å². The van der Waals surface area contributed by atoms with Crippen LogP contribution in [0.25, 0.3) is 0 Å². The predicted octanol–water partition coefficient (Wildman–Crippen LogP) is 4.04. The lowest BCUT2D eigenvalue weighted by Gasteiger charge is -2.58. The van der Waals surface area contributed by atoms with Crippen molar-refractivity contribution < 1.29 is 14.7 Å². The van der Waals surface area contributed by atoms with Gasteiger partial charge < -0.3 is 10.4 Å². The minimum atomic E-state index is -0.613. The Balaban J connectivity index is 1.22. The number of carboxylic acid groups (broad SMARTS) is 1. The Kier molecular flexibility index (Phi) is 5.16. The quantitative estimate of drug-likeness (QED) is 0.748. The average molecular weight is 425 g/mol. The molecule has 1 aromatic carbocycles. The number of hydrogen-bond acceptors (Lipinski definition) is 3. The zero-order valence-electron chi connectivity index (χ0n) is 18.8. The summed E-state index contributed by atoms with van der Waals surface area (Å²) in [6.45, 7) is 5.98. The first-order valence-corrected chi connectivity index (χ1v) is 12.1. The van der Waals surface area contributed by atoms with Crippen molar-refractivity contribution in [2.75, 3.05) is 13.1 Å². The summed E-state index contributed by atoms with van der Waals surface area (Å²) < 4.78 is 0. The second-order valence-electron chi connectivity index (χ2n) is 11.3. The van der Waals surface area contributed by atoms with Gasteiger partial charge in [0.2, 0.25) is 5.91 Å². The summed E-state index contributed by atoms with van der Waals surface area (Å²) in [6.07, 6.45) is 6.65. The maximum Gasteiger partial charge on any atom is 0.309 e. The van der Waals surface area contributed by atoms with Crippen LogP contribution in [0.4, 0.5) is 0 Å². The zero-order valence-corrected chi connectivity index (χ0v) is 18.8. The van der Waals surface area contributed by atoms with Crippen LogP contribution in [0.15, 0.2) is 30.3 Å². The van der Waals surface area contributed by atoms with Gasteiger partial charge in [-0.15, -0.1) is 0 Å². The molecule has 1 aliphatic heterocycles. The molecule has 168 valence electrons. The number of carbonyl (C=O) groups is 2. The van der Waals surface area contributed by atoms with Crippen molar-refractivity contribution in [3.05, 3.63) is 35.9 Å². The molecule has 5 nitrogen and oxygen atoms in total. The summed E-state index contributed by atoms with van der Waals surface area (Å²) in [7, 11) is 0. The van der Waals surface area contributed by atoms with E-state index in [1.807, 2.05) is 0 Å². The first-order valence-electron chi connectivity index (χ1n) is 12.1. The van der Waals surface area contributed by atoms with Gasteiger partial charge in [0.25, 0.3) is 0 Å². The second kappa shape index (κ2) is 7.61. The minimum Gasteiger partial charge on any atom is -0.481 e. The number of likely N-dealkylation sites (tertiary alicyclic amines) is 1. The molecule has 4 bridgehead atoms. The largest absolute Gasteiger partial charge is 0.481 e. The topological polar surface area (TPSA) is 69.6 Å². The van der Waals surface area contributed by atoms with E-state index in [1.165, 1.54) is 5.56 Å². The SMILES string of the molecule is CC(C)(C(=O)NC1[C@@H]2CC3C[C@H]1CC(C(=O)O)(C3)C2)N1CCC(c2ccccc2)CC1. The molecular formula is C26H36N2O3. The maximum atomic E-state index is 13.5. The Morgan fingerprint density at radius 1 is 1.03 bits per heavy atom. The van der Waals surface area contributed by atoms with Crippen molar-refractivity contribution in [1.29, 1.82) is 0 Å². The van der Waals surface area contributed by atoms with Gasteiger partial charge in [-0.25, -0.2) is 0 Å². The van der Waals surface area contributed by atoms with Crippen LogP contribution < -0.4 is 5.32 Å². The Morgan fingerprint density at radius 2 is 1.65 bits per heavy atom. The van der Waals surface area contributed by atoms with E-state index >= 15 is 0 Å². The predicted molar refractivity (Wildman–Crippen MR) is 120 cm³/mol. The van der Waals surface area contributed by atoms with E-state index in [9.17, 15) is 14.7 Å². The molecule has 2 N–H and O–H groups in total. The van der Waals surface area contributed by atoms with Gasteiger partial charge in [0.15, 0.2) is 0 Å². The summed E-state index contributed by atoms with van der Waals surface area (Å²) in [5, 5.41) is 13.3. The van der Waals surface area contributed by atoms with E-state index in [1.54, 1.807) is 0 Å². The molecule has 1 saturated heterocycles. The third-order valence-electron chi connectivity index (χ3n) is 9.14. The van der Waals surface area contributed by atoms with Gasteiger partial charge in [0.1, 0.15) is 0 Å². The Hall–Kier alpha value is -1.88. The number of hydrogen-bond donors (Lipinski definition) is 2. The van der Waals surface area contributed by atoms with E-state index in [-0.39, 0.29) is 11.9 Å². The molecule has 1 heterocycles. The van der Waals surface area contributed by atoms with Crippen molar-refractivity contribution in [1.82, 2.24) is 10.2 Å². The third kappa shape index (κ3) is 3.59. The number of carboxylic acids is 1. The first-order chi connectivity index (χ1) is 14.8. The van der Waals surface area contributed by atoms with Crippen molar-refractivity contribution >= 4 is 11.9 Å². The normalized spacial score (nSPS) is 35.8. The molecule has 3 unspecified atom stereocenters. The van der Waals surface area contributed by atoms with Gasteiger partial charge in [0, 0.05) is 6.04 Å². The molecule has 5 aliphatic rings. The number of rotatable bonds is 5. The van der Waals surface area contributed by atoms with Gasteiger partial charge in [0.05, 0.1) is 11.0 Å². The summed E-state index contributed by atoms with van der Waals surface area (Å²) >= 11 is 0. The number of piperidine rings is 1. The van der Waals surface area contributed by atoms with Gasteiger partial charge >= 0.3 is 5.97 Å². The van der Waals surface area contributed by atoms with Crippen LogP contribution in [0.3, 0.4) is 0 Å². The zero-order chi connectivity index (χ0) is 21.8. The van der Waals surface area contributed by atoms with Crippen LogP contribution in [-0.4, -0.2) is 46.6 Å². The van der Waals surface area contributed by atoms with Gasteiger partial charge in [-0.2, -0.15) is 0 Å². The first kappa shape index (κ1) is 21.0. The fourth-order valence-electron chi connectivity index (χ4n) is 7.49. The van der Waals surface area contributed by atoms with Gasteiger partial charge in [-0.3, -0.25) is 14.5 Å². The Bertz CT molecular complexity index is 827. The van der Waals surface area contributed by atoms with Crippen molar-refractivity contribution in [3.8, 4) is 0 Å². The van der Waals surface area contributed by atoms with E-state index in [4.69, 9.17) is 0 Å². The summed E-state index contributed by atoms with van der Waals surface area (Å²) in [6, 6.07) is 10.9. The highest BCUT2D eigenvalue weighted by molar-refractivity contribution is 5.86. The molecule has 0 radical (unpaired) electrons. The van der Waals surface area contributed by atoms with Crippen LogP contribution in [0.5, 0.6) is 0 Å². The molecule has 4 saturated carbocycles. The number of amides is 1. The fourth-order valence-corrected chi connectivity index (χ4v) is 7.49. The summed E-state index contributed by atoms with van der Waals surface area (Å²) in [4.78, 5) is 27.8. The number of carbonyl (C=O) groups excluding carboxylic acids is 1. The van der Waals surface area contributed by atoms with Gasteiger partial charge in [-0.1, -0.05) is 30.3 Å². The van der Waals surface area contributed by atoms with E-state index < -0.39 is 16.9 Å². The average Bonchev–Trinajstić information content (AvgIpc) is 2.76. The molecular weight excluding hydrogens is 388 g/mol. The van der Waals surface area contributed by atoms with Crippen molar-refractivity contribution in [2.45, 2.75) is 76.3 Å². The molecule has 5 fully saturated rings. The van der Waals surface area contributed by atoms with E-state index in [0.717, 1.165) is 58.0 Å². The third-order valence-corrected chi connectivity index (χ3v) is 9.14. The fraction of sp³-hybridized carbons (Fsp3) is 0.692. The molecule has 5 heteroatoms. The van der Waals surface area contributed by atoms with Crippen LogP contribution in [-0.2, 0) is 9.59 Å². The molecule has 0 aromatic heterocycles. The molecule has 31 heavy (non-hydrogen) atoms. The highest BCUT2D eigenvalue weighted by Crippen LogP contribution is 2.60. The lowest BCUT2D eigenvalue weighted by molar-refractivity contribution is -0.168. The molecule has 4 aliphatic carbocycles. The molecule has 1 amide bonds. The van der Waals surface area contributed by atoms with Crippen LogP contribution in [0, 0.1) is 23.2 Å². The number of benzene rings is 1. The summed E-state index contributed by atoms with van der Waals surface area (Å²) in [5.41, 5.74) is 0.346. The standard InChI is InChI=1S/C26H36N2O3/c1-25(2,28-10-8-19(9-11-28)18-6-4-3-5-7-18)23(29)27-22-20-12-17-13-21(22)16-26(14-17,15-20)24(30)31/h3-7,17,19-22H,8-16H2,1-2H3,(H,27,29)(H,30,31)/t17?,20-,21+,22?,26?. The highest BCUT2D eigenvalue weighted by atomic mass is 16.4. The van der Waals surface area contributed by atoms with E-state index in [2.05, 4.69) is 54.4 Å². The van der Waals surface area contributed by atoms with Crippen molar-refractivity contribution in [2.24, 2.45) is 23.2 Å². The van der Waals surface area contributed by atoms with Gasteiger partial charge in [-0.05, 0) is 101 Å². The maximum absolute atomic E-state index is 13.5. The van der Waals surface area contributed by atoms with Crippen LogP contribution >= 0.6 is 0 Å². The summed E-state index contributed by atoms with van der Waals surface area (Å²) in [5.74, 6) is 1.27. The molecule has 5 atom stereocenters. The molecule has 6 rings (SSSR count). The Morgan fingerprint density at radius 3 is 2.23 bits per heavy atom. The minimum absolute atomic E-state index is 0.118.